The second-order valence-electron chi connectivity index (χ2n) is 3.40. The molecular weight excluding hydrogens is 249 g/mol. The van der Waals surface area contributed by atoms with Crippen LogP contribution in [-0.4, -0.2) is 6.04 Å². The van der Waals surface area contributed by atoms with Crippen LogP contribution in [0.25, 0.3) is 0 Å². The van der Waals surface area contributed by atoms with Crippen molar-refractivity contribution >= 4 is 33.2 Å². The van der Waals surface area contributed by atoms with Crippen molar-refractivity contribution in [2.45, 2.75) is 25.3 Å². The van der Waals surface area contributed by atoms with E-state index in [9.17, 15) is 0 Å². The highest BCUT2D eigenvalue weighted by Crippen LogP contribution is 2.30. The molecule has 1 fully saturated rings. The van der Waals surface area contributed by atoms with Gasteiger partial charge in [0.2, 0.25) is 0 Å². The van der Waals surface area contributed by atoms with E-state index in [1.165, 1.54) is 19.3 Å². The smallest absolute Gasteiger partial charge is 0.0638 e. The van der Waals surface area contributed by atoms with Gasteiger partial charge in [0.25, 0.3) is 0 Å². The lowest BCUT2D eigenvalue weighted by molar-refractivity contribution is 0.445. The lowest BCUT2D eigenvalue weighted by Gasteiger charge is -2.28. The monoisotopic (exact) mass is 259 g/mol. The van der Waals surface area contributed by atoms with Crippen LogP contribution < -0.4 is 5.32 Å². The van der Waals surface area contributed by atoms with E-state index in [1.807, 2.05) is 18.2 Å². The van der Waals surface area contributed by atoms with Gasteiger partial charge in [0, 0.05) is 10.5 Å². The normalized spacial score (nSPS) is 16.8. The van der Waals surface area contributed by atoms with Gasteiger partial charge in [-0.05, 0) is 37.5 Å². The molecule has 0 bridgehead atoms. The Labute approximate surface area is 91.6 Å². The van der Waals surface area contributed by atoms with E-state index < -0.39 is 0 Å². The van der Waals surface area contributed by atoms with Crippen LogP contribution >= 0.6 is 27.5 Å². The van der Waals surface area contributed by atoms with Crippen LogP contribution in [0.3, 0.4) is 0 Å². The molecule has 0 aliphatic heterocycles. The van der Waals surface area contributed by atoms with Gasteiger partial charge in [-0.1, -0.05) is 27.5 Å². The third-order valence-corrected chi connectivity index (χ3v) is 3.22. The lowest BCUT2D eigenvalue weighted by Crippen LogP contribution is -2.27. The minimum absolute atomic E-state index is 0.631. The number of halogens is 2. The average molecular weight is 261 g/mol. The van der Waals surface area contributed by atoms with Gasteiger partial charge in [0.15, 0.2) is 0 Å². The van der Waals surface area contributed by atoms with E-state index in [4.69, 9.17) is 11.6 Å². The van der Waals surface area contributed by atoms with Gasteiger partial charge in [-0.3, -0.25) is 0 Å². The van der Waals surface area contributed by atoms with Crippen LogP contribution in [0.4, 0.5) is 5.69 Å². The Kier molecular flexibility index (Phi) is 2.80. The fourth-order valence-electron chi connectivity index (χ4n) is 1.38. The summed E-state index contributed by atoms with van der Waals surface area (Å²) in [6, 6.07) is 6.52. The predicted molar refractivity (Wildman–Crippen MR) is 60.4 cm³/mol. The van der Waals surface area contributed by atoms with Gasteiger partial charge in [-0.25, -0.2) is 0 Å². The molecule has 0 radical (unpaired) electrons. The number of anilines is 1. The van der Waals surface area contributed by atoms with Gasteiger partial charge in [-0.15, -0.1) is 0 Å². The fourth-order valence-corrected chi connectivity index (χ4v) is 1.91. The number of nitrogens with one attached hydrogen (secondary N) is 1. The second-order valence-corrected chi connectivity index (χ2v) is 4.72. The predicted octanol–water partition coefficient (Wildman–Crippen LogP) is 4.07. The molecule has 2 rings (SSSR count). The van der Waals surface area contributed by atoms with Gasteiger partial charge < -0.3 is 5.32 Å². The molecular formula is C10H11BrClN. The van der Waals surface area contributed by atoms with Crippen LogP contribution in [0.15, 0.2) is 22.7 Å². The van der Waals surface area contributed by atoms with Crippen molar-refractivity contribution in [1.82, 2.24) is 0 Å². The van der Waals surface area contributed by atoms with Crippen molar-refractivity contribution in [2.75, 3.05) is 5.32 Å². The Hall–Kier alpha value is -0.210. The Morgan fingerprint density at radius 2 is 2.15 bits per heavy atom. The first kappa shape index (κ1) is 9.35. The highest BCUT2D eigenvalue weighted by atomic mass is 79.9. The number of rotatable bonds is 2. The molecule has 0 atom stereocenters. The van der Waals surface area contributed by atoms with Crippen LogP contribution in [0.1, 0.15) is 19.3 Å². The molecule has 1 nitrogen and oxygen atoms in total. The second kappa shape index (κ2) is 3.89. The first-order valence-electron chi connectivity index (χ1n) is 4.47. The molecule has 1 aliphatic rings. The molecule has 0 heterocycles. The van der Waals surface area contributed by atoms with Gasteiger partial charge in [0.1, 0.15) is 0 Å². The van der Waals surface area contributed by atoms with Crippen molar-refractivity contribution < 1.29 is 0 Å². The summed E-state index contributed by atoms with van der Waals surface area (Å²) in [6.07, 6.45) is 3.87. The third kappa shape index (κ3) is 2.18. The summed E-state index contributed by atoms with van der Waals surface area (Å²) in [7, 11) is 0. The number of hydrogen-bond donors (Lipinski definition) is 1. The minimum Gasteiger partial charge on any atom is -0.381 e. The molecule has 0 saturated heterocycles. The zero-order chi connectivity index (χ0) is 9.26. The van der Waals surface area contributed by atoms with E-state index in [0.717, 1.165) is 15.2 Å². The minimum atomic E-state index is 0.631. The van der Waals surface area contributed by atoms with Crippen LogP contribution in [0.5, 0.6) is 0 Å². The molecule has 0 unspecified atom stereocenters. The molecule has 1 saturated carbocycles. The molecule has 0 spiro atoms. The lowest BCUT2D eigenvalue weighted by atomic mass is 9.93. The topological polar surface area (TPSA) is 12.0 Å². The van der Waals surface area contributed by atoms with Crippen LogP contribution in [-0.2, 0) is 0 Å². The fraction of sp³-hybridized carbons (Fsp3) is 0.400. The first-order valence-corrected chi connectivity index (χ1v) is 5.64. The maximum atomic E-state index is 6.04. The van der Waals surface area contributed by atoms with E-state index in [1.54, 1.807) is 0 Å². The Morgan fingerprint density at radius 3 is 2.77 bits per heavy atom. The molecule has 1 aromatic rings. The number of hydrogen-bond acceptors (Lipinski definition) is 1. The molecule has 3 heteroatoms. The first-order chi connectivity index (χ1) is 6.25. The Morgan fingerprint density at radius 1 is 1.38 bits per heavy atom. The largest absolute Gasteiger partial charge is 0.381 e. The highest BCUT2D eigenvalue weighted by molar-refractivity contribution is 9.10. The summed E-state index contributed by atoms with van der Waals surface area (Å²) >= 11 is 9.47. The van der Waals surface area contributed by atoms with Gasteiger partial charge in [0.05, 0.1) is 10.7 Å². The molecule has 1 aliphatic carbocycles. The van der Waals surface area contributed by atoms with Crippen LogP contribution in [0, 0.1) is 0 Å². The summed E-state index contributed by atoms with van der Waals surface area (Å²) in [5, 5.41) is 4.23. The van der Waals surface area contributed by atoms with E-state index >= 15 is 0 Å². The quantitative estimate of drug-likeness (QED) is 0.845. The maximum Gasteiger partial charge on any atom is 0.0638 e. The standard InChI is InChI=1S/C10H11BrClN/c11-7-4-5-9(12)10(6-7)13-8-2-1-3-8/h4-6,8,13H,1-3H2. The molecule has 1 aromatic carbocycles. The van der Waals surface area contributed by atoms with Crippen molar-refractivity contribution in [1.29, 1.82) is 0 Å². The van der Waals surface area contributed by atoms with Crippen molar-refractivity contribution in [3.05, 3.63) is 27.7 Å². The zero-order valence-corrected chi connectivity index (χ0v) is 9.53. The van der Waals surface area contributed by atoms with Crippen molar-refractivity contribution in [3.63, 3.8) is 0 Å². The molecule has 1 N–H and O–H groups in total. The van der Waals surface area contributed by atoms with E-state index in [0.29, 0.717) is 6.04 Å². The van der Waals surface area contributed by atoms with Crippen molar-refractivity contribution in [3.8, 4) is 0 Å². The zero-order valence-electron chi connectivity index (χ0n) is 7.19. The van der Waals surface area contributed by atoms with Gasteiger partial charge in [-0.2, -0.15) is 0 Å². The Balaban J connectivity index is 2.13. The molecule has 70 valence electrons. The number of benzene rings is 1. The maximum absolute atomic E-state index is 6.04. The van der Waals surface area contributed by atoms with Crippen LogP contribution in [0.2, 0.25) is 5.02 Å². The van der Waals surface area contributed by atoms with E-state index in [-0.39, 0.29) is 0 Å². The van der Waals surface area contributed by atoms with Crippen molar-refractivity contribution in [2.24, 2.45) is 0 Å². The summed E-state index contributed by atoms with van der Waals surface area (Å²) < 4.78 is 1.07. The average Bonchev–Trinajstić information content (AvgIpc) is 2.03. The summed E-state index contributed by atoms with van der Waals surface area (Å²) in [4.78, 5) is 0. The SMILES string of the molecule is Clc1ccc(Br)cc1NC1CCC1. The summed E-state index contributed by atoms with van der Waals surface area (Å²) in [5.41, 5.74) is 1.04. The summed E-state index contributed by atoms with van der Waals surface area (Å²) in [5.74, 6) is 0. The summed E-state index contributed by atoms with van der Waals surface area (Å²) in [6.45, 7) is 0. The molecule has 13 heavy (non-hydrogen) atoms. The Bertz CT molecular complexity index is 310. The van der Waals surface area contributed by atoms with Gasteiger partial charge >= 0.3 is 0 Å². The molecule has 0 amide bonds. The third-order valence-electron chi connectivity index (χ3n) is 2.39. The van der Waals surface area contributed by atoms with E-state index in [2.05, 4.69) is 21.2 Å². The molecule has 0 aromatic heterocycles. The highest BCUT2D eigenvalue weighted by Gasteiger charge is 2.17.